The summed E-state index contributed by atoms with van der Waals surface area (Å²) < 4.78 is 49.0. The summed E-state index contributed by atoms with van der Waals surface area (Å²) in [6, 6.07) is 0. The number of hydrogen-bond donors (Lipinski definition) is 0. The Balaban J connectivity index is 0. The van der Waals surface area contributed by atoms with E-state index in [2.05, 4.69) is 13.2 Å². The largest absolute Gasteiger partial charge is 0.416 e. The molecule has 0 saturated carbocycles. The molecule has 0 unspecified atom stereocenters. The van der Waals surface area contributed by atoms with E-state index in [0.717, 1.165) is 6.08 Å². The minimum atomic E-state index is -4.52. The lowest BCUT2D eigenvalue weighted by atomic mass is 9.95. The second-order valence-electron chi connectivity index (χ2n) is 3.18. The molecule has 0 bridgehead atoms. The Kier molecular flexibility index (Phi) is 7.86. The van der Waals surface area contributed by atoms with E-state index in [1.165, 1.54) is 13.8 Å². The molecule has 0 aliphatic heterocycles. The summed E-state index contributed by atoms with van der Waals surface area (Å²) in [6.07, 6.45) is -3.76. The van der Waals surface area contributed by atoms with Gasteiger partial charge in [-0.25, -0.2) is 4.39 Å². The van der Waals surface area contributed by atoms with Gasteiger partial charge in [-0.2, -0.15) is 13.2 Å². The summed E-state index contributed by atoms with van der Waals surface area (Å²) in [6.45, 7) is 12.9. The van der Waals surface area contributed by atoms with Crippen LogP contribution in [-0.2, 0) is 0 Å². The molecule has 0 aromatic heterocycles. The van der Waals surface area contributed by atoms with Crippen molar-refractivity contribution in [2.45, 2.75) is 33.9 Å². The molecule has 16 heavy (non-hydrogen) atoms. The summed E-state index contributed by atoms with van der Waals surface area (Å²) in [5, 5.41) is 0. The van der Waals surface area contributed by atoms with E-state index in [-0.39, 0.29) is 5.57 Å². The highest BCUT2D eigenvalue weighted by Gasteiger charge is 2.34. The van der Waals surface area contributed by atoms with E-state index >= 15 is 0 Å². The minimum Gasteiger partial charge on any atom is -0.208 e. The molecule has 0 aliphatic rings. The maximum Gasteiger partial charge on any atom is 0.416 e. The number of alkyl halides is 3. The van der Waals surface area contributed by atoms with E-state index in [9.17, 15) is 17.6 Å². The van der Waals surface area contributed by atoms with Crippen LogP contribution in [0.5, 0.6) is 0 Å². The number of halogens is 4. The molecule has 0 fully saturated rings. The normalized spacial score (nSPS) is 11.9. The molecule has 94 valence electrons. The fraction of sp³-hybridized carbons (Fsp3) is 0.500. The van der Waals surface area contributed by atoms with Gasteiger partial charge < -0.3 is 0 Å². The first-order valence-electron chi connectivity index (χ1n) is 4.98. The van der Waals surface area contributed by atoms with Gasteiger partial charge in [0.05, 0.1) is 5.57 Å². The number of hydrogen-bond acceptors (Lipinski definition) is 0. The molecular formula is C12H18F4. The lowest BCUT2D eigenvalue weighted by molar-refractivity contribution is -0.0896. The van der Waals surface area contributed by atoms with Gasteiger partial charge in [-0.3, -0.25) is 0 Å². The Morgan fingerprint density at radius 1 is 1.12 bits per heavy atom. The first kappa shape index (κ1) is 17.3. The van der Waals surface area contributed by atoms with Gasteiger partial charge in [0.2, 0.25) is 0 Å². The summed E-state index contributed by atoms with van der Waals surface area (Å²) in [5.41, 5.74) is -1.20. The molecule has 0 nitrogen and oxygen atoms in total. The van der Waals surface area contributed by atoms with Crippen LogP contribution in [0.15, 0.2) is 36.2 Å². The fourth-order valence-corrected chi connectivity index (χ4v) is 0.935. The Bertz CT molecular complexity index is 269. The molecule has 0 saturated heterocycles. The van der Waals surface area contributed by atoms with Crippen molar-refractivity contribution >= 4 is 0 Å². The molecule has 0 rings (SSSR count). The van der Waals surface area contributed by atoms with Crippen LogP contribution in [0.25, 0.3) is 0 Å². The third-order valence-corrected chi connectivity index (χ3v) is 1.62. The smallest absolute Gasteiger partial charge is 0.208 e. The summed E-state index contributed by atoms with van der Waals surface area (Å²) in [7, 11) is 0. The lowest BCUT2D eigenvalue weighted by Gasteiger charge is -2.16. The molecule has 0 heterocycles. The molecule has 0 aliphatic carbocycles. The van der Waals surface area contributed by atoms with Gasteiger partial charge in [0.15, 0.2) is 0 Å². The Morgan fingerprint density at radius 2 is 1.50 bits per heavy atom. The molecule has 0 atom stereocenters. The summed E-state index contributed by atoms with van der Waals surface area (Å²) in [5.74, 6) is -1.35. The van der Waals surface area contributed by atoms with Crippen molar-refractivity contribution in [3.05, 3.63) is 36.2 Å². The van der Waals surface area contributed by atoms with Crippen molar-refractivity contribution in [3.8, 4) is 0 Å². The SMILES string of the molecule is C=C(F)/C=C(\C(=C)C(F)(F)F)C(C)C.CC. The van der Waals surface area contributed by atoms with Gasteiger partial charge in [0.1, 0.15) is 5.83 Å². The lowest BCUT2D eigenvalue weighted by Crippen LogP contribution is -2.15. The zero-order valence-corrected chi connectivity index (χ0v) is 10.1. The molecule has 0 N–H and O–H groups in total. The van der Waals surface area contributed by atoms with E-state index in [0.29, 0.717) is 0 Å². The standard InChI is InChI=1S/C10H12F4.C2H6/c1-6(2)9(5-7(3)11)8(4)10(12,13)14;1-2/h5-6H,3-4H2,1-2H3;1-2H3/b9-5-;. The van der Waals surface area contributed by atoms with Gasteiger partial charge in [0.25, 0.3) is 0 Å². The van der Waals surface area contributed by atoms with Crippen LogP contribution in [-0.4, -0.2) is 6.18 Å². The van der Waals surface area contributed by atoms with Crippen LogP contribution in [0.1, 0.15) is 27.7 Å². The molecule has 0 radical (unpaired) electrons. The van der Waals surface area contributed by atoms with E-state index < -0.39 is 23.5 Å². The highest BCUT2D eigenvalue weighted by molar-refractivity contribution is 5.37. The average Bonchev–Trinajstić information content (AvgIpc) is 2.14. The van der Waals surface area contributed by atoms with E-state index in [1.54, 1.807) is 0 Å². The predicted octanol–water partition coefficient (Wildman–Crippen LogP) is 5.20. The van der Waals surface area contributed by atoms with Crippen LogP contribution < -0.4 is 0 Å². The third kappa shape index (κ3) is 6.43. The van der Waals surface area contributed by atoms with Gasteiger partial charge in [-0.05, 0) is 17.6 Å². The summed E-state index contributed by atoms with van der Waals surface area (Å²) >= 11 is 0. The van der Waals surface area contributed by atoms with Crippen molar-refractivity contribution < 1.29 is 17.6 Å². The van der Waals surface area contributed by atoms with Crippen molar-refractivity contribution in [2.75, 3.05) is 0 Å². The molecule has 0 spiro atoms. The minimum absolute atomic E-state index is 0.176. The quantitative estimate of drug-likeness (QED) is 0.468. The molecule has 0 amide bonds. The van der Waals surface area contributed by atoms with Crippen molar-refractivity contribution in [1.29, 1.82) is 0 Å². The Morgan fingerprint density at radius 3 is 1.69 bits per heavy atom. The molecular weight excluding hydrogens is 220 g/mol. The zero-order chi connectivity index (χ0) is 13.5. The molecule has 0 aromatic rings. The average molecular weight is 238 g/mol. The van der Waals surface area contributed by atoms with Crippen LogP contribution in [0, 0.1) is 5.92 Å². The zero-order valence-electron chi connectivity index (χ0n) is 10.1. The van der Waals surface area contributed by atoms with E-state index in [1.807, 2.05) is 13.8 Å². The second kappa shape index (κ2) is 7.25. The maximum absolute atomic E-state index is 12.4. The monoisotopic (exact) mass is 238 g/mol. The van der Waals surface area contributed by atoms with Crippen LogP contribution in [0.4, 0.5) is 17.6 Å². The first-order valence-corrected chi connectivity index (χ1v) is 4.98. The topological polar surface area (TPSA) is 0 Å². The van der Waals surface area contributed by atoms with Gasteiger partial charge in [0, 0.05) is 0 Å². The van der Waals surface area contributed by atoms with Gasteiger partial charge in [-0.15, -0.1) is 0 Å². The molecule has 4 heteroatoms. The van der Waals surface area contributed by atoms with Gasteiger partial charge in [-0.1, -0.05) is 40.9 Å². The highest BCUT2D eigenvalue weighted by atomic mass is 19.4. The Labute approximate surface area is 94.4 Å². The molecule has 0 aromatic carbocycles. The van der Waals surface area contributed by atoms with Crippen molar-refractivity contribution in [2.24, 2.45) is 5.92 Å². The third-order valence-electron chi connectivity index (χ3n) is 1.62. The maximum atomic E-state index is 12.4. The highest BCUT2D eigenvalue weighted by Crippen LogP contribution is 2.33. The van der Waals surface area contributed by atoms with Crippen LogP contribution in [0.3, 0.4) is 0 Å². The van der Waals surface area contributed by atoms with Crippen LogP contribution in [0.2, 0.25) is 0 Å². The van der Waals surface area contributed by atoms with Crippen LogP contribution >= 0.6 is 0 Å². The van der Waals surface area contributed by atoms with Gasteiger partial charge >= 0.3 is 6.18 Å². The predicted molar refractivity (Wildman–Crippen MR) is 59.7 cm³/mol. The first-order chi connectivity index (χ1) is 7.16. The Hall–Kier alpha value is -1.06. The van der Waals surface area contributed by atoms with Crippen molar-refractivity contribution in [3.63, 3.8) is 0 Å². The number of rotatable bonds is 3. The second-order valence-corrected chi connectivity index (χ2v) is 3.18. The summed E-state index contributed by atoms with van der Waals surface area (Å²) in [4.78, 5) is 0. The number of allylic oxidation sites excluding steroid dienone is 4. The fourth-order valence-electron chi connectivity index (χ4n) is 0.935. The van der Waals surface area contributed by atoms with Crippen molar-refractivity contribution in [1.82, 2.24) is 0 Å². The van der Waals surface area contributed by atoms with E-state index in [4.69, 9.17) is 0 Å².